The van der Waals surface area contributed by atoms with E-state index in [2.05, 4.69) is 58.2 Å². The van der Waals surface area contributed by atoms with Crippen molar-refractivity contribution in [3.8, 4) is 17.0 Å². The van der Waals surface area contributed by atoms with Gasteiger partial charge in [0.05, 0.1) is 17.5 Å². The second kappa shape index (κ2) is 8.49. The van der Waals surface area contributed by atoms with Gasteiger partial charge < -0.3 is 9.64 Å². The van der Waals surface area contributed by atoms with Gasteiger partial charge in [0.2, 0.25) is 5.88 Å². The minimum absolute atomic E-state index is 0.698. The maximum absolute atomic E-state index is 6.10. The molecule has 0 amide bonds. The van der Waals surface area contributed by atoms with Crippen LogP contribution in [-0.4, -0.2) is 41.1 Å². The van der Waals surface area contributed by atoms with Crippen LogP contribution in [0.4, 0.5) is 0 Å². The van der Waals surface area contributed by atoms with E-state index in [0.29, 0.717) is 5.88 Å². The van der Waals surface area contributed by atoms with Crippen LogP contribution >= 0.6 is 0 Å². The summed E-state index contributed by atoms with van der Waals surface area (Å²) in [7, 11) is 0. The lowest BCUT2D eigenvalue weighted by Gasteiger charge is -2.30. The smallest absolute Gasteiger partial charge is 0.224 e. The molecule has 27 heavy (non-hydrogen) atoms. The van der Waals surface area contributed by atoms with E-state index < -0.39 is 0 Å². The number of hydrogen-bond donors (Lipinski definition) is 0. The Morgan fingerprint density at radius 3 is 2.59 bits per heavy atom. The lowest BCUT2D eigenvalue weighted by Crippen LogP contribution is -2.33. The second-order valence-corrected chi connectivity index (χ2v) is 7.29. The van der Waals surface area contributed by atoms with Crippen molar-refractivity contribution in [3.05, 3.63) is 54.9 Å². The number of benzene rings is 2. The van der Waals surface area contributed by atoms with Crippen LogP contribution < -0.4 is 4.74 Å². The molecule has 1 fully saturated rings. The first-order chi connectivity index (χ1) is 13.3. The van der Waals surface area contributed by atoms with Crippen LogP contribution in [-0.2, 0) is 0 Å². The van der Waals surface area contributed by atoms with Gasteiger partial charge in [-0.15, -0.1) is 0 Å². The van der Waals surface area contributed by atoms with Gasteiger partial charge in [0.25, 0.3) is 0 Å². The molecule has 140 valence electrons. The number of nitrogens with zero attached hydrogens (tertiary/aromatic N) is 3. The summed E-state index contributed by atoms with van der Waals surface area (Å²) in [6, 6.07) is 16.7. The molecule has 4 nitrogen and oxygen atoms in total. The van der Waals surface area contributed by atoms with Crippen molar-refractivity contribution in [3.63, 3.8) is 0 Å². The predicted octanol–water partition coefficient (Wildman–Crippen LogP) is 4.80. The summed E-state index contributed by atoms with van der Waals surface area (Å²) in [5, 5.41) is 0.986. The molecule has 0 aliphatic carbocycles. The Labute approximate surface area is 161 Å². The van der Waals surface area contributed by atoms with Crippen molar-refractivity contribution in [1.82, 2.24) is 14.9 Å². The molecule has 0 atom stereocenters. The Bertz CT molecular complexity index is 873. The van der Waals surface area contributed by atoms with Crippen molar-refractivity contribution in [2.45, 2.75) is 26.2 Å². The van der Waals surface area contributed by atoms with E-state index in [9.17, 15) is 0 Å². The van der Waals surface area contributed by atoms with Crippen molar-refractivity contribution in [1.29, 1.82) is 0 Å². The van der Waals surface area contributed by atoms with Gasteiger partial charge in [-0.1, -0.05) is 43.3 Å². The lowest BCUT2D eigenvalue weighted by molar-refractivity contribution is 0.168. The fourth-order valence-electron chi connectivity index (χ4n) is 3.87. The molecule has 0 N–H and O–H groups in total. The maximum Gasteiger partial charge on any atom is 0.224 e. The highest BCUT2D eigenvalue weighted by atomic mass is 16.5. The second-order valence-electron chi connectivity index (χ2n) is 7.29. The molecule has 1 aromatic heterocycles. The van der Waals surface area contributed by atoms with Crippen molar-refractivity contribution in [2.24, 2.45) is 5.92 Å². The number of likely N-dealkylation sites (tertiary alicyclic amines) is 1. The van der Waals surface area contributed by atoms with Crippen molar-refractivity contribution >= 4 is 10.9 Å². The highest BCUT2D eigenvalue weighted by Crippen LogP contribution is 2.28. The highest BCUT2D eigenvalue weighted by Gasteiger charge is 2.18. The normalized spacial score (nSPS) is 15.9. The number of aromatic nitrogens is 2. The van der Waals surface area contributed by atoms with Gasteiger partial charge in [0.1, 0.15) is 6.33 Å². The minimum atomic E-state index is 0.698. The van der Waals surface area contributed by atoms with Crippen molar-refractivity contribution < 1.29 is 4.74 Å². The lowest BCUT2D eigenvalue weighted by atomic mass is 9.94. The van der Waals surface area contributed by atoms with Gasteiger partial charge in [-0.25, -0.2) is 9.97 Å². The van der Waals surface area contributed by atoms with E-state index in [1.54, 1.807) is 6.33 Å². The average molecular weight is 361 g/mol. The molecular formula is C23H27N3O. The largest absolute Gasteiger partial charge is 0.477 e. The van der Waals surface area contributed by atoms with Crippen LogP contribution in [0.25, 0.3) is 22.0 Å². The summed E-state index contributed by atoms with van der Waals surface area (Å²) in [6.07, 6.45) is 5.25. The summed E-state index contributed by atoms with van der Waals surface area (Å²) in [6.45, 7) is 6.57. The van der Waals surface area contributed by atoms with E-state index in [1.807, 2.05) is 12.1 Å². The first-order valence-corrected chi connectivity index (χ1v) is 9.99. The first-order valence-electron chi connectivity index (χ1n) is 9.99. The Morgan fingerprint density at radius 1 is 1.00 bits per heavy atom. The average Bonchev–Trinajstić information content (AvgIpc) is 2.75. The third kappa shape index (κ3) is 4.28. The van der Waals surface area contributed by atoms with E-state index in [-0.39, 0.29) is 0 Å². The third-order valence-electron chi connectivity index (χ3n) is 5.63. The number of rotatable bonds is 6. The molecule has 1 saturated heterocycles. The Balaban J connectivity index is 1.45. The molecule has 1 aliphatic rings. The molecule has 2 heterocycles. The van der Waals surface area contributed by atoms with Crippen LogP contribution in [0.2, 0.25) is 0 Å². The number of piperidine rings is 1. The van der Waals surface area contributed by atoms with E-state index in [1.165, 1.54) is 38.0 Å². The maximum atomic E-state index is 6.10. The van der Waals surface area contributed by atoms with Gasteiger partial charge in [-0.05, 0) is 68.1 Å². The summed E-state index contributed by atoms with van der Waals surface area (Å²) >= 11 is 0. The topological polar surface area (TPSA) is 38.2 Å². The van der Waals surface area contributed by atoms with Gasteiger partial charge in [-0.3, -0.25) is 0 Å². The quantitative estimate of drug-likeness (QED) is 0.632. The van der Waals surface area contributed by atoms with Crippen LogP contribution in [0.5, 0.6) is 5.88 Å². The molecule has 2 aromatic carbocycles. The highest BCUT2D eigenvalue weighted by molar-refractivity contribution is 5.88. The van der Waals surface area contributed by atoms with Gasteiger partial charge >= 0.3 is 0 Å². The monoisotopic (exact) mass is 361 g/mol. The third-order valence-corrected chi connectivity index (χ3v) is 5.63. The molecule has 3 aromatic rings. The van der Waals surface area contributed by atoms with Gasteiger partial charge in [0.15, 0.2) is 0 Å². The van der Waals surface area contributed by atoms with Crippen LogP contribution in [0.15, 0.2) is 54.9 Å². The molecule has 0 saturated carbocycles. The Hall–Kier alpha value is -2.46. The Kier molecular flexibility index (Phi) is 5.64. The Morgan fingerprint density at radius 2 is 1.81 bits per heavy atom. The summed E-state index contributed by atoms with van der Waals surface area (Å²) in [4.78, 5) is 11.3. The zero-order valence-corrected chi connectivity index (χ0v) is 16.0. The van der Waals surface area contributed by atoms with Crippen LogP contribution in [0, 0.1) is 5.92 Å². The van der Waals surface area contributed by atoms with Gasteiger partial charge in [-0.2, -0.15) is 0 Å². The van der Waals surface area contributed by atoms with Gasteiger partial charge in [0, 0.05) is 0 Å². The molecule has 0 bridgehead atoms. The number of hydrogen-bond acceptors (Lipinski definition) is 4. The minimum Gasteiger partial charge on any atom is -0.477 e. The number of fused-ring (bicyclic) bond motifs is 1. The molecule has 4 rings (SSSR count). The first kappa shape index (κ1) is 17.9. The standard InChI is InChI=1S/C23H27N3O/c1-2-26-13-10-18(11-14-26)12-15-27-23-21-16-20(19-6-4-3-5-7-19)8-9-22(21)24-17-25-23/h3-9,16-18H,2,10-15H2,1H3. The van der Waals surface area contributed by atoms with Crippen molar-refractivity contribution in [2.75, 3.05) is 26.2 Å². The van der Waals surface area contributed by atoms with Crippen LogP contribution in [0.1, 0.15) is 26.2 Å². The predicted molar refractivity (Wildman–Crippen MR) is 110 cm³/mol. The molecular weight excluding hydrogens is 334 g/mol. The zero-order chi connectivity index (χ0) is 18.5. The van der Waals surface area contributed by atoms with E-state index >= 15 is 0 Å². The van der Waals surface area contributed by atoms with E-state index in [4.69, 9.17) is 4.74 Å². The fraction of sp³-hybridized carbons (Fsp3) is 0.391. The van der Waals surface area contributed by atoms with E-state index in [0.717, 1.165) is 35.4 Å². The molecule has 0 spiro atoms. The fourth-order valence-corrected chi connectivity index (χ4v) is 3.87. The molecule has 0 radical (unpaired) electrons. The summed E-state index contributed by atoms with van der Waals surface area (Å²) < 4.78 is 6.10. The molecule has 0 unspecified atom stereocenters. The number of ether oxygens (including phenoxy) is 1. The molecule has 4 heteroatoms. The summed E-state index contributed by atoms with van der Waals surface area (Å²) in [5.41, 5.74) is 3.28. The van der Waals surface area contributed by atoms with Crippen LogP contribution in [0.3, 0.4) is 0 Å². The zero-order valence-electron chi connectivity index (χ0n) is 16.0. The molecule has 1 aliphatic heterocycles. The summed E-state index contributed by atoms with van der Waals surface area (Å²) in [5.74, 6) is 1.46. The SMILES string of the molecule is CCN1CCC(CCOc2ncnc3ccc(-c4ccccc4)cc23)CC1.